The summed E-state index contributed by atoms with van der Waals surface area (Å²) in [5.74, 6) is 1.12. The first-order valence-corrected chi connectivity index (χ1v) is 10.4. The maximum absolute atomic E-state index is 11.8. The van der Waals surface area contributed by atoms with E-state index in [2.05, 4.69) is 38.5 Å². The van der Waals surface area contributed by atoms with Gasteiger partial charge < -0.3 is 15.8 Å². The van der Waals surface area contributed by atoms with Gasteiger partial charge in [0.25, 0.3) is 0 Å². The number of hydrogen-bond acceptors (Lipinski definition) is 7. The van der Waals surface area contributed by atoms with Crippen LogP contribution in [-0.2, 0) is 22.7 Å². The minimum absolute atomic E-state index is 0.0126. The Morgan fingerprint density at radius 3 is 2.86 bits per heavy atom. The van der Waals surface area contributed by atoms with E-state index in [9.17, 15) is 4.79 Å². The molecule has 2 aromatic carbocycles. The predicted octanol–water partition coefficient (Wildman–Crippen LogP) is 3.09. The zero-order valence-electron chi connectivity index (χ0n) is 16.7. The lowest BCUT2D eigenvalue weighted by Crippen LogP contribution is -2.26. The molecule has 0 bridgehead atoms. The third-order valence-electron chi connectivity index (χ3n) is 5.05. The van der Waals surface area contributed by atoms with Crippen molar-refractivity contribution >= 4 is 34.4 Å². The lowest BCUT2D eigenvalue weighted by molar-refractivity contribution is -0.123. The topological polar surface area (TPSA) is 103 Å². The van der Waals surface area contributed by atoms with Gasteiger partial charge in [-0.15, -0.1) is 0 Å². The molecule has 1 amide bonds. The lowest BCUT2D eigenvalue weighted by Gasteiger charge is -2.21. The van der Waals surface area contributed by atoms with Crippen LogP contribution >= 0.6 is 11.8 Å². The van der Waals surface area contributed by atoms with Gasteiger partial charge in [0, 0.05) is 24.3 Å². The number of carbonyl (C=O) groups is 1. The third kappa shape index (κ3) is 3.77. The van der Waals surface area contributed by atoms with E-state index >= 15 is 0 Å². The normalized spacial score (nSPS) is 14.0. The van der Waals surface area contributed by atoms with Gasteiger partial charge in [-0.2, -0.15) is 9.97 Å². The molecule has 29 heavy (non-hydrogen) atoms. The highest BCUT2D eigenvalue weighted by Gasteiger charge is 2.20. The van der Waals surface area contributed by atoms with Crippen LogP contribution < -0.4 is 11.1 Å². The largest absolute Gasteiger partial charge is 0.372 e. The summed E-state index contributed by atoms with van der Waals surface area (Å²) in [6.45, 7) is 5.12. The fourth-order valence-electron chi connectivity index (χ4n) is 3.68. The van der Waals surface area contributed by atoms with Crippen LogP contribution in [0.4, 0.5) is 5.95 Å². The molecule has 0 spiro atoms. The number of hydrogen-bond donors (Lipinski definition) is 2. The molecule has 3 N–H and O–H groups in total. The maximum atomic E-state index is 11.8. The molecule has 0 saturated carbocycles. The molecule has 8 heteroatoms. The zero-order chi connectivity index (χ0) is 20.5. The molecule has 1 aliphatic rings. The minimum atomic E-state index is -0.159. The molecule has 3 aromatic rings. The van der Waals surface area contributed by atoms with Gasteiger partial charge in [0.05, 0.1) is 13.2 Å². The van der Waals surface area contributed by atoms with E-state index in [1.165, 1.54) is 28.3 Å². The summed E-state index contributed by atoms with van der Waals surface area (Å²) in [6, 6.07) is 8.36. The molecular formula is C21H23N5O2S. The number of carbonyl (C=O) groups excluding carboxylic acids is 1. The van der Waals surface area contributed by atoms with Crippen molar-refractivity contribution in [2.24, 2.45) is 5.92 Å². The predicted molar refractivity (Wildman–Crippen MR) is 114 cm³/mol. The highest BCUT2D eigenvalue weighted by atomic mass is 32.2. The summed E-state index contributed by atoms with van der Waals surface area (Å²) in [7, 11) is 1.63. The van der Waals surface area contributed by atoms with Crippen LogP contribution in [0.1, 0.15) is 23.6 Å². The highest BCUT2D eigenvalue weighted by molar-refractivity contribution is 7.99. The Hall–Kier alpha value is -2.71. The summed E-state index contributed by atoms with van der Waals surface area (Å²) in [6.07, 6.45) is 0. The van der Waals surface area contributed by atoms with Crippen molar-refractivity contribution in [3.8, 4) is 11.4 Å². The Bertz CT molecular complexity index is 1100. The van der Waals surface area contributed by atoms with E-state index in [4.69, 9.17) is 10.5 Å². The molecule has 0 fully saturated rings. The summed E-state index contributed by atoms with van der Waals surface area (Å²) in [4.78, 5) is 25.1. The molecule has 2 heterocycles. The Morgan fingerprint density at radius 1 is 1.28 bits per heavy atom. The van der Waals surface area contributed by atoms with E-state index in [0.29, 0.717) is 29.9 Å². The van der Waals surface area contributed by atoms with Gasteiger partial charge in [0.1, 0.15) is 0 Å². The number of nitrogen functional groups attached to an aromatic ring is 1. The van der Waals surface area contributed by atoms with Crippen LogP contribution in [0.25, 0.3) is 22.2 Å². The average Bonchev–Trinajstić information content (AvgIpc) is 2.71. The molecule has 0 radical (unpaired) electrons. The van der Waals surface area contributed by atoms with E-state index in [0.717, 1.165) is 16.5 Å². The third-order valence-corrected chi connectivity index (χ3v) is 6.16. The van der Waals surface area contributed by atoms with Crippen molar-refractivity contribution in [3.05, 3.63) is 41.0 Å². The second-order valence-corrected chi connectivity index (χ2v) is 8.17. The molecule has 0 saturated heterocycles. The number of amides is 1. The minimum Gasteiger partial charge on any atom is -0.372 e. The van der Waals surface area contributed by atoms with E-state index < -0.39 is 0 Å². The summed E-state index contributed by atoms with van der Waals surface area (Å²) in [5.41, 5.74) is 10.4. The molecule has 1 unspecified atom stereocenters. The first-order valence-electron chi connectivity index (χ1n) is 9.46. The number of benzene rings is 2. The number of nitrogens with one attached hydrogen (secondary N) is 1. The van der Waals surface area contributed by atoms with Crippen LogP contribution in [0.15, 0.2) is 29.4 Å². The van der Waals surface area contributed by atoms with Crippen molar-refractivity contribution in [3.63, 3.8) is 0 Å². The van der Waals surface area contributed by atoms with E-state index in [1.54, 1.807) is 7.05 Å². The molecule has 1 aromatic heterocycles. The van der Waals surface area contributed by atoms with Crippen molar-refractivity contribution in [1.82, 2.24) is 20.3 Å². The van der Waals surface area contributed by atoms with Gasteiger partial charge >= 0.3 is 0 Å². The van der Waals surface area contributed by atoms with Crippen LogP contribution in [0.3, 0.4) is 0 Å². The smallest absolute Gasteiger partial charge is 0.224 e. The monoisotopic (exact) mass is 409 g/mol. The fraction of sp³-hybridized carbons (Fsp3) is 0.333. The van der Waals surface area contributed by atoms with Crippen LogP contribution in [-0.4, -0.2) is 33.7 Å². The van der Waals surface area contributed by atoms with Gasteiger partial charge in [-0.3, -0.25) is 4.79 Å². The van der Waals surface area contributed by atoms with Gasteiger partial charge in [-0.05, 0) is 34.4 Å². The Labute approximate surface area is 173 Å². The number of nitrogens with zero attached hydrogens (tertiary/aromatic N) is 3. The molecule has 4 rings (SSSR count). The fourth-order valence-corrected chi connectivity index (χ4v) is 4.54. The van der Waals surface area contributed by atoms with Crippen molar-refractivity contribution in [1.29, 1.82) is 0 Å². The number of thioether (sulfide) groups is 1. The Kier molecular flexibility index (Phi) is 5.38. The van der Waals surface area contributed by atoms with Gasteiger partial charge in [0.2, 0.25) is 11.9 Å². The lowest BCUT2D eigenvalue weighted by atomic mass is 9.91. The Morgan fingerprint density at radius 2 is 2.07 bits per heavy atom. The van der Waals surface area contributed by atoms with Gasteiger partial charge in [-0.1, -0.05) is 43.0 Å². The van der Waals surface area contributed by atoms with Crippen LogP contribution in [0.5, 0.6) is 0 Å². The summed E-state index contributed by atoms with van der Waals surface area (Å²) >= 11 is 1.41. The Balaban J connectivity index is 1.77. The first kappa shape index (κ1) is 19.6. The number of aromatic nitrogens is 3. The van der Waals surface area contributed by atoms with E-state index in [-0.39, 0.29) is 17.8 Å². The molecule has 1 atom stereocenters. The molecule has 1 aliphatic heterocycles. The number of aryl methyl sites for hydroxylation is 1. The average molecular weight is 410 g/mol. The zero-order valence-corrected chi connectivity index (χ0v) is 17.5. The number of ether oxygens (including phenoxy) is 1. The van der Waals surface area contributed by atoms with Gasteiger partial charge in [0.15, 0.2) is 11.0 Å². The van der Waals surface area contributed by atoms with Crippen molar-refractivity contribution in [2.75, 3.05) is 18.5 Å². The summed E-state index contributed by atoms with van der Waals surface area (Å²) in [5, 5.41) is 5.49. The van der Waals surface area contributed by atoms with Crippen molar-refractivity contribution < 1.29 is 9.53 Å². The van der Waals surface area contributed by atoms with Crippen LogP contribution in [0.2, 0.25) is 0 Å². The summed E-state index contributed by atoms with van der Waals surface area (Å²) < 4.78 is 5.71. The quantitative estimate of drug-likeness (QED) is 0.624. The second-order valence-electron chi connectivity index (χ2n) is 7.19. The highest BCUT2D eigenvalue weighted by Crippen LogP contribution is 2.37. The molecule has 7 nitrogen and oxygen atoms in total. The molecular weight excluding hydrogens is 386 g/mol. The number of anilines is 1. The first-order chi connectivity index (χ1) is 14.0. The standard InChI is InChI=1S/C21H23N5O2S/c1-11-7-14-9-28-8-13-5-4-6-15(17(13)14)16(11)18-24-20(22)26-21(25-18)29-10-12(2)19(27)23-3/h4-7,12H,8-10H2,1-3H3,(H,23,27)(H2,22,24,25,26). The van der Waals surface area contributed by atoms with Crippen LogP contribution in [0, 0.1) is 12.8 Å². The molecule has 0 aliphatic carbocycles. The van der Waals surface area contributed by atoms with Gasteiger partial charge in [-0.25, -0.2) is 4.98 Å². The van der Waals surface area contributed by atoms with Crippen molar-refractivity contribution in [2.45, 2.75) is 32.2 Å². The number of nitrogens with two attached hydrogens (primary N) is 1. The molecule has 150 valence electrons. The maximum Gasteiger partial charge on any atom is 0.224 e. The van der Waals surface area contributed by atoms with E-state index in [1.807, 2.05) is 19.9 Å². The second kappa shape index (κ2) is 7.96. The number of rotatable bonds is 5. The SMILES string of the molecule is CNC(=O)C(C)CSc1nc(N)nc(-c2c(C)cc3c4c(cccc24)COC3)n1.